The van der Waals surface area contributed by atoms with Gasteiger partial charge in [0.05, 0.1) is 6.54 Å². The van der Waals surface area contributed by atoms with Gasteiger partial charge in [0.25, 0.3) is 0 Å². The van der Waals surface area contributed by atoms with Crippen molar-refractivity contribution >= 4 is 5.91 Å². The largest absolute Gasteiger partial charge is 0.396 e. The second kappa shape index (κ2) is 8.48. The van der Waals surface area contributed by atoms with E-state index in [0.717, 1.165) is 38.3 Å². The molecule has 1 aliphatic carbocycles. The van der Waals surface area contributed by atoms with E-state index in [1.807, 2.05) is 0 Å². The van der Waals surface area contributed by atoms with Gasteiger partial charge in [0, 0.05) is 13.2 Å². The zero-order valence-corrected chi connectivity index (χ0v) is 10.9. The van der Waals surface area contributed by atoms with Gasteiger partial charge in [-0.2, -0.15) is 0 Å². The zero-order chi connectivity index (χ0) is 12.5. The molecule has 0 radical (unpaired) electrons. The number of aliphatic hydroxyl groups excluding tert-OH is 1. The van der Waals surface area contributed by atoms with E-state index in [1.54, 1.807) is 0 Å². The summed E-state index contributed by atoms with van der Waals surface area (Å²) in [6.45, 7) is 4.45. The Morgan fingerprint density at radius 2 is 2.18 bits per heavy atom. The van der Waals surface area contributed by atoms with Crippen LogP contribution < -0.4 is 10.6 Å². The maximum absolute atomic E-state index is 11.4. The monoisotopic (exact) mass is 242 g/mol. The van der Waals surface area contributed by atoms with Crippen molar-refractivity contribution in [3.05, 3.63) is 0 Å². The Kier molecular flexibility index (Phi) is 7.21. The lowest BCUT2D eigenvalue weighted by atomic mass is 10.0. The molecule has 1 unspecified atom stereocenters. The smallest absolute Gasteiger partial charge is 0.233 e. The summed E-state index contributed by atoms with van der Waals surface area (Å²) in [6.07, 6.45) is 5.59. The molecule has 1 rings (SSSR count). The molecule has 0 bridgehead atoms. The number of nitrogens with one attached hydrogen (secondary N) is 2. The molecule has 0 saturated heterocycles. The predicted octanol–water partition coefficient (Wildman–Crippen LogP) is 0.901. The average Bonchev–Trinajstić information content (AvgIpc) is 3.11. The van der Waals surface area contributed by atoms with Crippen LogP contribution in [-0.2, 0) is 4.79 Å². The van der Waals surface area contributed by atoms with Crippen molar-refractivity contribution in [2.24, 2.45) is 11.8 Å². The van der Waals surface area contributed by atoms with Crippen molar-refractivity contribution < 1.29 is 9.90 Å². The van der Waals surface area contributed by atoms with E-state index < -0.39 is 0 Å². The van der Waals surface area contributed by atoms with Crippen LogP contribution in [-0.4, -0.2) is 37.3 Å². The van der Waals surface area contributed by atoms with Gasteiger partial charge in [-0.05, 0) is 44.1 Å². The van der Waals surface area contributed by atoms with Gasteiger partial charge in [-0.3, -0.25) is 4.79 Å². The molecule has 0 spiro atoms. The third-order valence-electron chi connectivity index (χ3n) is 3.24. The van der Waals surface area contributed by atoms with Crippen LogP contribution in [0.5, 0.6) is 0 Å². The van der Waals surface area contributed by atoms with Crippen molar-refractivity contribution in [1.29, 1.82) is 0 Å². The quantitative estimate of drug-likeness (QED) is 0.533. The fourth-order valence-corrected chi connectivity index (χ4v) is 1.97. The third-order valence-corrected chi connectivity index (χ3v) is 3.24. The molecule has 0 aromatic rings. The summed E-state index contributed by atoms with van der Waals surface area (Å²) in [5.74, 6) is 1.32. The summed E-state index contributed by atoms with van der Waals surface area (Å²) in [5.41, 5.74) is 0. The lowest BCUT2D eigenvalue weighted by molar-refractivity contribution is -0.120. The van der Waals surface area contributed by atoms with Gasteiger partial charge < -0.3 is 15.7 Å². The Morgan fingerprint density at radius 3 is 2.76 bits per heavy atom. The Morgan fingerprint density at radius 1 is 1.41 bits per heavy atom. The van der Waals surface area contributed by atoms with E-state index in [4.69, 9.17) is 5.11 Å². The first-order valence-electron chi connectivity index (χ1n) is 6.84. The van der Waals surface area contributed by atoms with Crippen molar-refractivity contribution in [2.45, 2.75) is 39.0 Å². The third kappa shape index (κ3) is 7.34. The van der Waals surface area contributed by atoms with E-state index in [9.17, 15) is 4.79 Å². The first-order chi connectivity index (χ1) is 8.26. The Labute approximate surface area is 104 Å². The molecule has 0 aliphatic heterocycles. The minimum absolute atomic E-state index is 0.0937. The number of carbonyl (C=O) groups excluding carboxylic acids is 1. The van der Waals surface area contributed by atoms with Crippen LogP contribution in [0.4, 0.5) is 0 Å². The van der Waals surface area contributed by atoms with Crippen molar-refractivity contribution in [3.8, 4) is 0 Å². The molecule has 1 fully saturated rings. The van der Waals surface area contributed by atoms with Crippen molar-refractivity contribution in [3.63, 3.8) is 0 Å². The first-order valence-corrected chi connectivity index (χ1v) is 6.84. The topological polar surface area (TPSA) is 61.4 Å². The highest BCUT2D eigenvalue weighted by Crippen LogP contribution is 2.27. The highest BCUT2D eigenvalue weighted by molar-refractivity contribution is 5.77. The zero-order valence-electron chi connectivity index (χ0n) is 10.9. The second-order valence-corrected chi connectivity index (χ2v) is 5.05. The summed E-state index contributed by atoms with van der Waals surface area (Å²) in [5, 5.41) is 15.0. The molecule has 100 valence electrons. The van der Waals surface area contributed by atoms with E-state index in [2.05, 4.69) is 17.6 Å². The van der Waals surface area contributed by atoms with Gasteiger partial charge in [-0.15, -0.1) is 0 Å². The van der Waals surface area contributed by atoms with Crippen molar-refractivity contribution in [2.75, 3.05) is 26.2 Å². The first kappa shape index (κ1) is 14.5. The van der Waals surface area contributed by atoms with Crippen LogP contribution >= 0.6 is 0 Å². The highest BCUT2D eigenvalue weighted by atomic mass is 16.3. The average molecular weight is 242 g/mol. The van der Waals surface area contributed by atoms with Crippen molar-refractivity contribution in [1.82, 2.24) is 10.6 Å². The fraction of sp³-hybridized carbons (Fsp3) is 0.923. The Hall–Kier alpha value is -0.610. The number of rotatable bonds is 10. The number of hydrogen-bond acceptors (Lipinski definition) is 3. The summed E-state index contributed by atoms with van der Waals surface area (Å²) in [6, 6.07) is 0. The van der Waals surface area contributed by atoms with Crippen LogP contribution in [0, 0.1) is 11.8 Å². The molecule has 1 aliphatic rings. The van der Waals surface area contributed by atoms with E-state index in [-0.39, 0.29) is 12.5 Å². The number of aliphatic hydroxyl groups is 1. The number of carbonyl (C=O) groups is 1. The van der Waals surface area contributed by atoms with Crippen LogP contribution in [0.2, 0.25) is 0 Å². The van der Waals surface area contributed by atoms with Crippen LogP contribution in [0.25, 0.3) is 0 Å². The molecule has 0 heterocycles. The molecular formula is C13H26N2O2. The second-order valence-electron chi connectivity index (χ2n) is 5.05. The van der Waals surface area contributed by atoms with Gasteiger partial charge in [-0.25, -0.2) is 0 Å². The van der Waals surface area contributed by atoms with Crippen LogP contribution in [0.3, 0.4) is 0 Å². The molecule has 0 aromatic carbocycles. The molecule has 0 aromatic heterocycles. The highest BCUT2D eigenvalue weighted by Gasteiger charge is 2.21. The molecular weight excluding hydrogens is 216 g/mol. The maximum Gasteiger partial charge on any atom is 0.233 e. The lowest BCUT2D eigenvalue weighted by Gasteiger charge is -2.15. The van der Waals surface area contributed by atoms with Gasteiger partial charge in [0.2, 0.25) is 5.91 Å². The fourth-order valence-electron chi connectivity index (χ4n) is 1.97. The maximum atomic E-state index is 11.4. The molecule has 17 heavy (non-hydrogen) atoms. The minimum Gasteiger partial charge on any atom is -0.396 e. The van der Waals surface area contributed by atoms with Gasteiger partial charge >= 0.3 is 0 Å². The van der Waals surface area contributed by atoms with Gasteiger partial charge in [-0.1, -0.05) is 13.3 Å². The normalized spacial score (nSPS) is 16.8. The Balaban J connectivity index is 2.00. The SMILES string of the molecule is CCCC(CCO)CNCC(=O)NCC1CC1. The van der Waals surface area contributed by atoms with Gasteiger partial charge in [0.1, 0.15) is 0 Å². The van der Waals surface area contributed by atoms with E-state index in [0.29, 0.717) is 12.5 Å². The van der Waals surface area contributed by atoms with E-state index >= 15 is 0 Å². The molecule has 1 saturated carbocycles. The number of hydrogen-bond donors (Lipinski definition) is 3. The molecule has 4 nitrogen and oxygen atoms in total. The molecule has 4 heteroatoms. The van der Waals surface area contributed by atoms with Gasteiger partial charge in [0.15, 0.2) is 0 Å². The predicted molar refractivity (Wildman–Crippen MR) is 68.7 cm³/mol. The molecule has 3 N–H and O–H groups in total. The summed E-state index contributed by atoms with van der Waals surface area (Å²) >= 11 is 0. The lowest BCUT2D eigenvalue weighted by Crippen LogP contribution is -2.37. The Bertz CT molecular complexity index is 211. The molecule has 1 atom stereocenters. The summed E-state index contributed by atoms with van der Waals surface area (Å²) in [7, 11) is 0. The van der Waals surface area contributed by atoms with E-state index in [1.165, 1.54) is 12.8 Å². The summed E-state index contributed by atoms with van der Waals surface area (Å²) < 4.78 is 0. The molecule has 1 amide bonds. The minimum atomic E-state index is 0.0937. The van der Waals surface area contributed by atoms with Crippen LogP contribution in [0.1, 0.15) is 39.0 Å². The standard InChI is InChI=1S/C13H26N2O2/c1-2-3-11(6-7-16)8-14-10-13(17)15-9-12-4-5-12/h11-12,14,16H,2-10H2,1H3,(H,15,17). The van der Waals surface area contributed by atoms with Crippen LogP contribution in [0.15, 0.2) is 0 Å². The number of amides is 1. The summed E-state index contributed by atoms with van der Waals surface area (Å²) in [4.78, 5) is 11.4.